The van der Waals surface area contributed by atoms with Crippen molar-refractivity contribution in [2.45, 2.75) is 41.4 Å². The van der Waals surface area contributed by atoms with E-state index < -0.39 is 20.0 Å². The van der Waals surface area contributed by atoms with E-state index >= 15 is 0 Å². The Labute approximate surface area is 211 Å². The van der Waals surface area contributed by atoms with Gasteiger partial charge in [-0.1, -0.05) is 13.8 Å². The summed E-state index contributed by atoms with van der Waals surface area (Å²) in [6.07, 6.45) is 3.58. The van der Waals surface area contributed by atoms with Crippen molar-refractivity contribution in [2.75, 3.05) is 37.8 Å². The van der Waals surface area contributed by atoms with Crippen LogP contribution in [0.1, 0.15) is 26.7 Å². The molecule has 1 aliphatic rings. The molecule has 0 bridgehead atoms. The average Bonchev–Trinajstić information content (AvgIpc) is 3.38. The zero-order valence-electron chi connectivity index (χ0n) is 20.0. The average molecular weight is 542 g/mol. The number of hydrogen-bond donors (Lipinski definition) is 2. The van der Waals surface area contributed by atoms with E-state index in [-0.39, 0.29) is 34.8 Å². The first-order valence-corrected chi connectivity index (χ1v) is 15.4. The van der Waals surface area contributed by atoms with Crippen LogP contribution < -0.4 is 14.8 Å². The summed E-state index contributed by atoms with van der Waals surface area (Å²) < 4.78 is 60.2. The van der Waals surface area contributed by atoms with Crippen LogP contribution in [0.25, 0.3) is 0 Å². The van der Waals surface area contributed by atoms with Crippen LogP contribution in [-0.2, 0) is 24.8 Å². The van der Waals surface area contributed by atoms with Crippen molar-refractivity contribution >= 4 is 43.4 Å². The molecule has 0 radical (unpaired) electrons. The van der Waals surface area contributed by atoms with E-state index in [0.29, 0.717) is 24.5 Å². The summed E-state index contributed by atoms with van der Waals surface area (Å²) in [7, 11) is -7.32. The van der Waals surface area contributed by atoms with Crippen molar-refractivity contribution < 1.29 is 26.4 Å². The van der Waals surface area contributed by atoms with Crippen molar-refractivity contribution in [2.24, 2.45) is 5.92 Å². The number of nitrogens with zero attached hydrogens (tertiary/aromatic N) is 1. The highest BCUT2D eigenvalue weighted by Crippen LogP contribution is 2.28. The molecule has 1 aliphatic heterocycles. The summed E-state index contributed by atoms with van der Waals surface area (Å²) in [5.74, 6) is -0.00216. The van der Waals surface area contributed by atoms with Gasteiger partial charge in [0.2, 0.25) is 26.0 Å². The molecule has 1 fully saturated rings. The lowest BCUT2D eigenvalue weighted by Gasteiger charge is -2.16. The molecule has 1 saturated heterocycles. The Morgan fingerprint density at radius 1 is 1.03 bits per heavy atom. The van der Waals surface area contributed by atoms with Gasteiger partial charge in [0.15, 0.2) is 0 Å². The summed E-state index contributed by atoms with van der Waals surface area (Å²) in [4.78, 5) is 13.1. The first-order chi connectivity index (χ1) is 16.5. The second-order valence-electron chi connectivity index (χ2n) is 8.33. The molecule has 0 saturated carbocycles. The molecule has 9 nitrogen and oxygen atoms in total. The molecule has 3 rings (SSSR count). The largest absolute Gasteiger partial charge is 0.492 e. The molecular formula is C23H31N3O6S3. The maximum absolute atomic E-state index is 12.7. The molecule has 12 heteroatoms. The third kappa shape index (κ3) is 6.98. The Balaban J connectivity index is 1.57. The van der Waals surface area contributed by atoms with Crippen LogP contribution in [0.4, 0.5) is 5.69 Å². The van der Waals surface area contributed by atoms with Gasteiger partial charge in [-0.3, -0.25) is 4.79 Å². The number of hydrogen-bond acceptors (Lipinski definition) is 7. The van der Waals surface area contributed by atoms with Gasteiger partial charge >= 0.3 is 0 Å². The number of carbonyl (C=O) groups excluding carboxylic acids is 1. The van der Waals surface area contributed by atoms with Crippen LogP contribution in [-0.4, -0.2) is 59.5 Å². The molecule has 1 amide bonds. The van der Waals surface area contributed by atoms with E-state index in [1.165, 1.54) is 40.3 Å². The lowest BCUT2D eigenvalue weighted by Crippen LogP contribution is -2.28. The molecule has 2 N–H and O–H groups in total. The highest BCUT2D eigenvalue weighted by molar-refractivity contribution is 7.98. The lowest BCUT2D eigenvalue weighted by atomic mass is 10.2. The highest BCUT2D eigenvalue weighted by atomic mass is 32.2. The van der Waals surface area contributed by atoms with Gasteiger partial charge in [-0.15, -0.1) is 11.8 Å². The van der Waals surface area contributed by atoms with E-state index in [0.717, 1.165) is 17.7 Å². The number of amides is 1. The number of nitrogens with one attached hydrogen (secondary N) is 2. The Morgan fingerprint density at radius 2 is 1.66 bits per heavy atom. The Bertz CT molecular complexity index is 1240. The number of rotatable bonds is 11. The molecule has 1 heterocycles. The summed E-state index contributed by atoms with van der Waals surface area (Å²) in [6.45, 7) is 4.65. The number of carbonyl (C=O) groups is 1. The Hall–Kier alpha value is -2.12. The number of thioether (sulfide) groups is 1. The van der Waals surface area contributed by atoms with Crippen molar-refractivity contribution in [3.63, 3.8) is 0 Å². The van der Waals surface area contributed by atoms with E-state index in [1.54, 1.807) is 32.0 Å². The van der Waals surface area contributed by atoms with Crippen molar-refractivity contribution in [1.29, 1.82) is 0 Å². The standard InChI is InChI=1S/C23H31N3O6S3/c1-17(2)23(27)25-21-16-20(10-11-22(21)33-3)34(28,29)24-12-15-32-18-6-8-19(9-7-18)35(30,31)26-13-4-5-14-26/h6-11,16-17,24H,4-5,12-15H2,1-3H3,(H,25,27). The first kappa shape index (κ1) is 27.5. The molecule has 2 aromatic rings. The van der Waals surface area contributed by atoms with E-state index in [2.05, 4.69) is 10.0 Å². The summed E-state index contributed by atoms with van der Waals surface area (Å²) in [5, 5.41) is 2.77. The van der Waals surface area contributed by atoms with Gasteiger partial charge in [0.05, 0.1) is 15.5 Å². The minimum atomic E-state index is -3.83. The highest BCUT2D eigenvalue weighted by Gasteiger charge is 2.27. The van der Waals surface area contributed by atoms with Crippen LogP contribution in [0.2, 0.25) is 0 Å². The molecule has 0 atom stereocenters. The van der Waals surface area contributed by atoms with Gasteiger partial charge in [-0.2, -0.15) is 4.31 Å². The van der Waals surface area contributed by atoms with Crippen LogP contribution in [0.5, 0.6) is 5.75 Å². The second-order valence-corrected chi connectivity index (χ2v) is 12.9. The molecular weight excluding hydrogens is 510 g/mol. The first-order valence-electron chi connectivity index (χ1n) is 11.3. The van der Waals surface area contributed by atoms with Gasteiger partial charge < -0.3 is 10.1 Å². The second kappa shape index (κ2) is 11.7. The molecule has 0 aromatic heterocycles. The predicted octanol–water partition coefficient (Wildman–Crippen LogP) is 3.14. The molecule has 0 aliphatic carbocycles. The third-order valence-electron chi connectivity index (χ3n) is 5.45. The van der Waals surface area contributed by atoms with Crippen LogP contribution >= 0.6 is 11.8 Å². The number of sulfonamides is 2. The lowest BCUT2D eigenvalue weighted by molar-refractivity contribution is -0.118. The maximum Gasteiger partial charge on any atom is 0.243 e. The van der Waals surface area contributed by atoms with Gasteiger partial charge in [0.1, 0.15) is 12.4 Å². The Morgan fingerprint density at radius 3 is 2.26 bits per heavy atom. The summed E-state index contributed by atoms with van der Waals surface area (Å²) in [5.41, 5.74) is 0.444. The molecule has 0 unspecified atom stereocenters. The summed E-state index contributed by atoms with van der Waals surface area (Å²) >= 11 is 1.41. The number of benzene rings is 2. The van der Waals surface area contributed by atoms with Crippen LogP contribution in [0, 0.1) is 5.92 Å². The zero-order valence-corrected chi connectivity index (χ0v) is 22.4. The van der Waals surface area contributed by atoms with E-state index in [4.69, 9.17) is 4.74 Å². The molecule has 192 valence electrons. The molecule has 0 spiro atoms. The monoisotopic (exact) mass is 541 g/mol. The van der Waals surface area contributed by atoms with Crippen LogP contribution in [0.15, 0.2) is 57.2 Å². The topological polar surface area (TPSA) is 122 Å². The predicted molar refractivity (Wildman–Crippen MR) is 137 cm³/mol. The fourth-order valence-electron chi connectivity index (χ4n) is 3.44. The van der Waals surface area contributed by atoms with Crippen LogP contribution in [0.3, 0.4) is 0 Å². The van der Waals surface area contributed by atoms with E-state index in [1.807, 2.05) is 6.26 Å². The molecule has 35 heavy (non-hydrogen) atoms. The van der Waals surface area contributed by atoms with Crippen molar-refractivity contribution in [3.05, 3.63) is 42.5 Å². The van der Waals surface area contributed by atoms with Gasteiger partial charge in [-0.25, -0.2) is 21.6 Å². The SMILES string of the molecule is CSc1ccc(S(=O)(=O)NCCOc2ccc(S(=O)(=O)N3CCCC3)cc2)cc1NC(=O)C(C)C. The van der Waals surface area contributed by atoms with E-state index in [9.17, 15) is 21.6 Å². The quantitative estimate of drug-likeness (QED) is 0.331. The minimum Gasteiger partial charge on any atom is -0.492 e. The Kier molecular flexibility index (Phi) is 9.22. The van der Waals surface area contributed by atoms with Crippen molar-refractivity contribution in [1.82, 2.24) is 9.03 Å². The zero-order chi connectivity index (χ0) is 25.6. The van der Waals surface area contributed by atoms with Gasteiger partial charge in [0, 0.05) is 30.4 Å². The fourth-order valence-corrected chi connectivity index (χ4v) is 6.53. The number of anilines is 1. The van der Waals surface area contributed by atoms with Gasteiger partial charge in [0.25, 0.3) is 0 Å². The third-order valence-corrected chi connectivity index (χ3v) is 9.62. The smallest absolute Gasteiger partial charge is 0.243 e. The van der Waals surface area contributed by atoms with Gasteiger partial charge in [-0.05, 0) is 61.6 Å². The number of ether oxygens (including phenoxy) is 1. The minimum absolute atomic E-state index is 0.00806. The molecule has 2 aromatic carbocycles. The summed E-state index contributed by atoms with van der Waals surface area (Å²) in [6, 6.07) is 10.7. The van der Waals surface area contributed by atoms with Crippen molar-refractivity contribution in [3.8, 4) is 5.75 Å². The fraction of sp³-hybridized carbons (Fsp3) is 0.435. The normalized spacial score (nSPS) is 14.9. The maximum atomic E-state index is 12.7.